The SMILES string of the molecule is CC(C)(C)c1ncc(-c2cc(Cl)ccc2Cl)[nH]1. The molecule has 0 aliphatic carbocycles. The van der Waals surface area contributed by atoms with Crippen molar-refractivity contribution in [3.63, 3.8) is 0 Å². The number of imidazole rings is 1. The Morgan fingerprint density at radius 2 is 1.88 bits per heavy atom. The molecule has 2 nitrogen and oxygen atoms in total. The van der Waals surface area contributed by atoms with E-state index in [1.165, 1.54) is 0 Å². The quantitative estimate of drug-likeness (QED) is 0.799. The minimum atomic E-state index is -0.0106. The lowest BCUT2D eigenvalue weighted by Crippen LogP contribution is -2.13. The van der Waals surface area contributed by atoms with E-state index in [1.807, 2.05) is 6.07 Å². The van der Waals surface area contributed by atoms with Crippen LogP contribution in [0, 0.1) is 0 Å². The average Bonchev–Trinajstić information content (AvgIpc) is 2.70. The van der Waals surface area contributed by atoms with Gasteiger partial charge in [0.2, 0.25) is 0 Å². The van der Waals surface area contributed by atoms with E-state index in [4.69, 9.17) is 23.2 Å². The molecule has 0 aliphatic heterocycles. The summed E-state index contributed by atoms with van der Waals surface area (Å²) in [4.78, 5) is 7.66. The molecule has 90 valence electrons. The van der Waals surface area contributed by atoms with Crippen molar-refractivity contribution in [1.82, 2.24) is 9.97 Å². The minimum Gasteiger partial charge on any atom is -0.342 e. The van der Waals surface area contributed by atoms with E-state index < -0.39 is 0 Å². The molecule has 0 atom stereocenters. The Morgan fingerprint density at radius 3 is 2.47 bits per heavy atom. The fourth-order valence-corrected chi connectivity index (χ4v) is 1.93. The van der Waals surface area contributed by atoms with Crippen molar-refractivity contribution in [1.29, 1.82) is 0 Å². The highest BCUT2D eigenvalue weighted by molar-refractivity contribution is 6.35. The van der Waals surface area contributed by atoms with Gasteiger partial charge in [-0.2, -0.15) is 0 Å². The number of rotatable bonds is 1. The summed E-state index contributed by atoms with van der Waals surface area (Å²) < 4.78 is 0. The summed E-state index contributed by atoms with van der Waals surface area (Å²) in [5, 5.41) is 1.33. The predicted molar refractivity (Wildman–Crippen MR) is 72.7 cm³/mol. The molecular formula is C13H14Cl2N2. The zero-order valence-corrected chi connectivity index (χ0v) is 11.5. The smallest absolute Gasteiger partial charge is 0.111 e. The first-order valence-corrected chi connectivity index (χ1v) is 6.14. The summed E-state index contributed by atoms with van der Waals surface area (Å²) in [6, 6.07) is 5.40. The molecule has 0 fully saturated rings. The van der Waals surface area contributed by atoms with Crippen LogP contribution in [-0.4, -0.2) is 9.97 Å². The number of hydrogen-bond donors (Lipinski definition) is 1. The molecule has 1 aromatic heterocycles. The molecule has 0 unspecified atom stereocenters. The first-order chi connectivity index (χ1) is 7.88. The zero-order valence-electron chi connectivity index (χ0n) is 10.0. The molecular weight excluding hydrogens is 255 g/mol. The predicted octanol–water partition coefficient (Wildman–Crippen LogP) is 4.68. The van der Waals surface area contributed by atoms with Crippen molar-refractivity contribution in [3.8, 4) is 11.3 Å². The van der Waals surface area contributed by atoms with E-state index in [2.05, 4.69) is 30.7 Å². The van der Waals surface area contributed by atoms with Gasteiger partial charge >= 0.3 is 0 Å². The van der Waals surface area contributed by atoms with Gasteiger partial charge in [-0.3, -0.25) is 0 Å². The van der Waals surface area contributed by atoms with Crippen molar-refractivity contribution in [2.24, 2.45) is 0 Å². The van der Waals surface area contributed by atoms with Gasteiger partial charge < -0.3 is 4.98 Å². The second kappa shape index (κ2) is 4.35. The van der Waals surface area contributed by atoms with Crippen LogP contribution in [0.2, 0.25) is 10.0 Å². The first kappa shape index (κ1) is 12.5. The highest BCUT2D eigenvalue weighted by atomic mass is 35.5. The highest BCUT2D eigenvalue weighted by Crippen LogP contribution is 2.30. The standard InChI is InChI=1S/C13H14Cl2N2/c1-13(2,3)12-16-7-11(17-12)9-6-8(14)4-5-10(9)15/h4-7H,1-3H3,(H,16,17). The van der Waals surface area contributed by atoms with Crippen LogP contribution in [-0.2, 0) is 5.41 Å². The average molecular weight is 269 g/mol. The maximum atomic E-state index is 6.15. The van der Waals surface area contributed by atoms with E-state index in [0.717, 1.165) is 17.1 Å². The number of aromatic amines is 1. The highest BCUT2D eigenvalue weighted by Gasteiger charge is 2.18. The normalized spacial score (nSPS) is 11.8. The Bertz CT molecular complexity index is 539. The Hall–Kier alpha value is -0.990. The van der Waals surface area contributed by atoms with Crippen LogP contribution in [0.25, 0.3) is 11.3 Å². The van der Waals surface area contributed by atoms with Gasteiger partial charge in [0, 0.05) is 16.0 Å². The van der Waals surface area contributed by atoms with Crippen molar-refractivity contribution in [3.05, 3.63) is 40.3 Å². The third kappa shape index (κ3) is 2.64. The molecule has 0 radical (unpaired) electrons. The maximum absolute atomic E-state index is 6.15. The second-order valence-electron chi connectivity index (χ2n) is 5.02. The lowest BCUT2D eigenvalue weighted by Gasteiger charge is -2.14. The molecule has 0 aliphatic rings. The molecule has 1 N–H and O–H groups in total. The van der Waals surface area contributed by atoms with E-state index in [9.17, 15) is 0 Å². The van der Waals surface area contributed by atoms with Crippen LogP contribution in [0.15, 0.2) is 24.4 Å². The van der Waals surface area contributed by atoms with Gasteiger partial charge in [0.15, 0.2) is 0 Å². The van der Waals surface area contributed by atoms with Crippen molar-refractivity contribution >= 4 is 23.2 Å². The van der Waals surface area contributed by atoms with Crippen molar-refractivity contribution < 1.29 is 0 Å². The Labute approximate surface area is 111 Å². The van der Waals surface area contributed by atoms with Gasteiger partial charge in [-0.15, -0.1) is 0 Å². The number of nitrogens with one attached hydrogen (secondary N) is 1. The van der Waals surface area contributed by atoms with Gasteiger partial charge in [-0.1, -0.05) is 44.0 Å². The van der Waals surface area contributed by atoms with Gasteiger partial charge in [-0.25, -0.2) is 4.98 Å². The molecule has 2 rings (SSSR count). The van der Waals surface area contributed by atoms with Crippen LogP contribution in [0.3, 0.4) is 0 Å². The first-order valence-electron chi connectivity index (χ1n) is 5.39. The molecule has 0 bridgehead atoms. The minimum absolute atomic E-state index is 0.0106. The van der Waals surface area contributed by atoms with Crippen LogP contribution < -0.4 is 0 Å². The lowest BCUT2D eigenvalue weighted by atomic mass is 9.96. The van der Waals surface area contributed by atoms with Crippen LogP contribution in [0.5, 0.6) is 0 Å². The summed E-state index contributed by atoms with van der Waals surface area (Å²) in [6.45, 7) is 6.32. The number of H-pyrrole nitrogens is 1. The summed E-state index contributed by atoms with van der Waals surface area (Å²) in [5.41, 5.74) is 1.76. The van der Waals surface area contributed by atoms with E-state index >= 15 is 0 Å². The largest absolute Gasteiger partial charge is 0.342 e. The maximum Gasteiger partial charge on any atom is 0.111 e. The summed E-state index contributed by atoms with van der Waals surface area (Å²) in [7, 11) is 0. The van der Waals surface area contributed by atoms with Gasteiger partial charge in [0.05, 0.1) is 16.9 Å². The van der Waals surface area contributed by atoms with Gasteiger partial charge in [-0.05, 0) is 18.2 Å². The summed E-state index contributed by atoms with van der Waals surface area (Å²) >= 11 is 12.1. The third-order valence-electron chi connectivity index (χ3n) is 2.50. The molecule has 0 saturated heterocycles. The Kier molecular flexibility index (Phi) is 3.19. The van der Waals surface area contributed by atoms with Crippen molar-refractivity contribution in [2.75, 3.05) is 0 Å². The number of aromatic nitrogens is 2. The van der Waals surface area contributed by atoms with Crippen LogP contribution in [0.4, 0.5) is 0 Å². The number of nitrogens with zero attached hydrogens (tertiary/aromatic N) is 1. The summed E-state index contributed by atoms with van der Waals surface area (Å²) in [5.74, 6) is 0.934. The lowest BCUT2D eigenvalue weighted by molar-refractivity contribution is 0.553. The van der Waals surface area contributed by atoms with E-state index in [0.29, 0.717) is 10.0 Å². The molecule has 1 heterocycles. The molecule has 0 amide bonds. The topological polar surface area (TPSA) is 28.7 Å². The van der Waals surface area contributed by atoms with Crippen LogP contribution in [0.1, 0.15) is 26.6 Å². The molecule has 4 heteroatoms. The van der Waals surface area contributed by atoms with Crippen LogP contribution >= 0.6 is 23.2 Å². The third-order valence-corrected chi connectivity index (χ3v) is 3.07. The monoisotopic (exact) mass is 268 g/mol. The zero-order chi connectivity index (χ0) is 12.6. The van der Waals surface area contributed by atoms with E-state index in [1.54, 1.807) is 18.3 Å². The Balaban J connectivity index is 2.47. The van der Waals surface area contributed by atoms with Crippen molar-refractivity contribution in [2.45, 2.75) is 26.2 Å². The molecule has 2 aromatic rings. The number of benzene rings is 1. The fraction of sp³-hybridized carbons (Fsp3) is 0.308. The fourth-order valence-electron chi connectivity index (χ4n) is 1.54. The summed E-state index contributed by atoms with van der Waals surface area (Å²) in [6.07, 6.45) is 1.79. The van der Waals surface area contributed by atoms with Gasteiger partial charge in [0.25, 0.3) is 0 Å². The molecule has 0 spiro atoms. The number of hydrogen-bond acceptors (Lipinski definition) is 1. The van der Waals surface area contributed by atoms with Gasteiger partial charge in [0.1, 0.15) is 5.82 Å². The molecule has 0 saturated carbocycles. The molecule has 1 aromatic carbocycles. The second-order valence-corrected chi connectivity index (χ2v) is 5.86. The molecule has 17 heavy (non-hydrogen) atoms. The van der Waals surface area contributed by atoms with E-state index in [-0.39, 0.29) is 5.41 Å². The Morgan fingerprint density at radius 1 is 1.18 bits per heavy atom. The number of halogens is 2.